The molecule has 2 aliphatic rings. The van der Waals surface area contributed by atoms with E-state index in [4.69, 9.17) is 0 Å². The molecule has 3 rings (SSSR count). The van der Waals surface area contributed by atoms with Crippen LogP contribution in [0.5, 0.6) is 0 Å². The Labute approximate surface area is 117 Å². The minimum atomic E-state index is 0.193. The van der Waals surface area contributed by atoms with Gasteiger partial charge in [0, 0.05) is 30.2 Å². The number of fused-ring (bicyclic) bond motifs is 1. The number of carbonyl (C=O) groups is 2. The van der Waals surface area contributed by atoms with E-state index in [-0.39, 0.29) is 11.8 Å². The summed E-state index contributed by atoms with van der Waals surface area (Å²) in [6.07, 6.45) is 6.21. The smallest absolute Gasteiger partial charge is 0.227 e. The molecule has 1 aliphatic carbocycles. The van der Waals surface area contributed by atoms with E-state index in [1.807, 2.05) is 4.90 Å². The first-order chi connectivity index (χ1) is 9.25. The van der Waals surface area contributed by atoms with Crippen LogP contribution in [-0.2, 0) is 16.0 Å². The van der Waals surface area contributed by atoms with E-state index < -0.39 is 0 Å². The number of hydrogen-bond donors (Lipinski definition) is 0. The molecule has 1 aliphatic heterocycles. The van der Waals surface area contributed by atoms with Crippen molar-refractivity contribution >= 4 is 28.7 Å². The van der Waals surface area contributed by atoms with Gasteiger partial charge in [-0.2, -0.15) is 0 Å². The number of Topliss-reactive ketones (excluding diaryl/α,β-unsaturated/α-hetero) is 1. The number of carbonyl (C=O) groups excluding carboxylic acids is 2. The fraction of sp³-hybridized carbons (Fsp3) is 0.600. The molecule has 0 radical (unpaired) electrons. The minimum Gasteiger partial charge on any atom is -0.311 e. The highest BCUT2D eigenvalue weighted by molar-refractivity contribution is 7.10. The maximum absolute atomic E-state index is 12.2. The predicted molar refractivity (Wildman–Crippen MR) is 76.6 cm³/mol. The summed E-state index contributed by atoms with van der Waals surface area (Å²) in [4.78, 5) is 27.1. The van der Waals surface area contributed by atoms with Crippen molar-refractivity contribution in [1.82, 2.24) is 0 Å². The summed E-state index contributed by atoms with van der Waals surface area (Å²) >= 11 is 1.74. The number of thiophene rings is 1. The van der Waals surface area contributed by atoms with Crippen LogP contribution in [0.25, 0.3) is 0 Å². The van der Waals surface area contributed by atoms with Gasteiger partial charge in [-0.1, -0.05) is 0 Å². The second kappa shape index (κ2) is 5.45. The Balaban J connectivity index is 1.72. The average molecular weight is 277 g/mol. The Morgan fingerprint density at radius 1 is 1.21 bits per heavy atom. The van der Waals surface area contributed by atoms with Gasteiger partial charge in [0.1, 0.15) is 5.78 Å². The molecule has 0 aromatic carbocycles. The Morgan fingerprint density at radius 3 is 2.89 bits per heavy atom. The Kier molecular flexibility index (Phi) is 3.69. The molecule has 0 N–H and O–H groups in total. The van der Waals surface area contributed by atoms with Gasteiger partial charge in [0.25, 0.3) is 0 Å². The van der Waals surface area contributed by atoms with Gasteiger partial charge in [0.2, 0.25) is 5.91 Å². The van der Waals surface area contributed by atoms with Crippen molar-refractivity contribution < 1.29 is 9.59 Å². The molecule has 19 heavy (non-hydrogen) atoms. The number of anilines is 1. The molecule has 4 heteroatoms. The van der Waals surface area contributed by atoms with E-state index in [1.54, 1.807) is 11.3 Å². The van der Waals surface area contributed by atoms with Crippen LogP contribution in [0.4, 0.5) is 5.69 Å². The standard InChI is InChI=1S/C15H19NO2S/c17-13-4-1-3-11(13)7-9-16-12-8-10-19-14(12)5-2-6-15(16)18/h8,10-11H,1-7,9H2. The third-order valence-electron chi connectivity index (χ3n) is 4.24. The van der Waals surface area contributed by atoms with Crippen LogP contribution in [-0.4, -0.2) is 18.2 Å². The summed E-state index contributed by atoms with van der Waals surface area (Å²) in [6.45, 7) is 0.707. The van der Waals surface area contributed by atoms with Crippen molar-refractivity contribution in [3.05, 3.63) is 16.3 Å². The molecule has 1 unspecified atom stereocenters. The quantitative estimate of drug-likeness (QED) is 0.851. The Hall–Kier alpha value is -1.16. The summed E-state index contributed by atoms with van der Waals surface area (Å²) < 4.78 is 0. The molecule has 102 valence electrons. The highest BCUT2D eigenvalue weighted by Crippen LogP contribution is 2.33. The molecule has 0 bridgehead atoms. The molecule has 1 amide bonds. The third-order valence-corrected chi connectivity index (χ3v) is 5.21. The second-order valence-corrected chi connectivity index (χ2v) is 6.47. The minimum absolute atomic E-state index is 0.193. The molecular weight excluding hydrogens is 258 g/mol. The Morgan fingerprint density at radius 2 is 2.11 bits per heavy atom. The van der Waals surface area contributed by atoms with Crippen molar-refractivity contribution in [1.29, 1.82) is 0 Å². The number of amides is 1. The van der Waals surface area contributed by atoms with Crippen LogP contribution < -0.4 is 4.90 Å². The van der Waals surface area contributed by atoms with Gasteiger partial charge in [-0.3, -0.25) is 9.59 Å². The number of hydrogen-bond acceptors (Lipinski definition) is 3. The van der Waals surface area contributed by atoms with Crippen LogP contribution in [0.1, 0.15) is 43.4 Å². The first-order valence-corrected chi connectivity index (χ1v) is 8.03. The van der Waals surface area contributed by atoms with Gasteiger partial charge in [0.15, 0.2) is 0 Å². The van der Waals surface area contributed by atoms with E-state index in [2.05, 4.69) is 11.4 Å². The number of aryl methyl sites for hydroxylation is 1. The topological polar surface area (TPSA) is 37.4 Å². The highest BCUT2D eigenvalue weighted by Gasteiger charge is 2.28. The van der Waals surface area contributed by atoms with Gasteiger partial charge in [-0.15, -0.1) is 11.3 Å². The van der Waals surface area contributed by atoms with Crippen LogP contribution in [0.3, 0.4) is 0 Å². The summed E-state index contributed by atoms with van der Waals surface area (Å²) in [6, 6.07) is 2.06. The SMILES string of the molecule is O=C1CCCC1CCN1C(=O)CCCc2sccc21. The zero-order valence-corrected chi connectivity index (χ0v) is 11.9. The molecule has 0 saturated heterocycles. The zero-order valence-electron chi connectivity index (χ0n) is 11.1. The van der Waals surface area contributed by atoms with Crippen LogP contribution in [0.15, 0.2) is 11.4 Å². The molecule has 1 fully saturated rings. The second-order valence-electron chi connectivity index (χ2n) is 5.47. The van der Waals surface area contributed by atoms with E-state index in [0.717, 1.165) is 44.2 Å². The Bertz CT molecular complexity index is 494. The fourth-order valence-electron chi connectivity index (χ4n) is 3.15. The zero-order chi connectivity index (χ0) is 13.2. The van der Waals surface area contributed by atoms with Crippen LogP contribution in [0, 0.1) is 5.92 Å². The third kappa shape index (κ3) is 2.59. The first kappa shape index (κ1) is 12.9. The van der Waals surface area contributed by atoms with E-state index in [0.29, 0.717) is 18.7 Å². The maximum Gasteiger partial charge on any atom is 0.227 e. The van der Waals surface area contributed by atoms with Crippen LogP contribution in [0.2, 0.25) is 0 Å². The number of ketones is 1. The van der Waals surface area contributed by atoms with Crippen LogP contribution >= 0.6 is 11.3 Å². The molecule has 2 heterocycles. The lowest BCUT2D eigenvalue weighted by Gasteiger charge is -2.22. The lowest BCUT2D eigenvalue weighted by Crippen LogP contribution is -2.32. The maximum atomic E-state index is 12.2. The average Bonchev–Trinajstić information content (AvgIpc) is 2.97. The summed E-state index contributed by atoms with van der Waals surface area (Å²) in [7, 11) is 0. The van der Waals surface area contributed by atoms with Crippen molar-refractivity contribution in [2.75, 3.05) is 11.4 Å². The van der Waals surface area contributed by atoms with Crippen molar-refractivity contribution in [3.8, 4) is 0 Å². The van der Waals surface area contributed by atoms with Gasteiger partial charge < -0.3 is 4.90 Å². The van der Waals surface area contributed by atoms with Gasteiger partial charge in [0.05, 0.1) is 5.69 Å². The van der Waals surface area contributed by atoms with Crippen molar-refractivity contribution in [2.45, 2.75) is 44.9 Å². The number of rotatable bonds is 3. The largest absolute Gasteiger partial charge is 0.311 e. The van der Waals surface area contributed by atoms with E-state index in [1.165, 1.54) is 4.88 Å². The normalized spacial score (nSPS) is 23.6. The molecule has 3 nitrogen and oxygen atoms in total. The van der Waals surface area contributed by atoms with Gasteiger partial charge >= 0.3 is 0 Å². The molecule has 1 aromatic heterocycles. The van der Waals surface area contributed by atoms with Crippen molar-refractivity contribution in [2.24, 2.45) is 5.92 Å². The monoisotopic (exact) mass is 277 g/mol. The lowest BCUT2D eigenvalue weighted by molar-refractivity contribution is -0.121. The highest BCUT2D eigenvalue weighted by atomic mass is 32.1. The van der Waals surface area contributed by atoms with E-state index in [9.17, 15) is 9.59 Å². The summed E-state index contributed by atoms with van der Waals surface area (Å²) in [5.41, 5.74) is 1.10. The fourth-order valence-corrected chi connectivity index (χ4v) is 4.08. The molecular formula is C15H19NO2S. The molecule has 1 aromatic rings. The number of nitrogens with zero attached hydrogens (tertiary/aromatic N) is 1. The first-order valence-electron chi connectivity index (χ1n) is 7.15. The summed E-state index contributed by atoms with van der Waals surface area (Å²) in [5, 5.41) is 2.07. The van der Waals surface area contributed by atoms with E-state index >= 15 is 0 Å². The van der Waals surface area contributed by atoms with Gasteiger partial charge in [-0.05, 0) is 43.6 Å². The lowest BCUT2D eigenvalue weighted by atomic mass is 10.0. The molecule has 1 saturated carbocycles. The molecule has 0 spiro atoms. The van der Waals surface area contributed by atoms with Crippen molar-refractivity contribution in [3.63, 3.8) is 0 Å². The molecule has 1 atom stereocenters. The summed E-state index contributed by atoms with van der Waals surface area (Å²) in [5.74, 6) is 0.813. The predicted octanol–water partition coefficient (Wildman–Crippen LogP) is 3.18. The van der Waals surface area contributed by atoms with Gasteiger partial charge in [-0.25, -0.2) is 0 Å².